The average Bonchev–Trinajstić information content (AvgIpc) is 2.72. The van der Waals surface area contributed by atoms with E-state index in [1.54, 1.807) is 6.07 Å². The van der Waals surface area contributed by atoms with Gasteiger partial charge in [-0.1, -0.05) is 76.2 Å². The van der Waals surface area contributed by atoms with E-state index in [9.17, 15) is 0 Å². The molecular formula is C23H19Cl5N2. The zero-order valence-electron chi connectivity index (χ0n) is 16.0. The highest BCUT2D eigenvalue weighted by atomic mass is 35.5. The van der Waals surface area contributed by atoms with Crippen LogP contribution >= 0.6 is 58.0 Å². The van der Waals surface area contributed by atoms with Crippen molar-refractivity contribution in [1.82, 2.24) is 4.90 Å². The second-order valence-corrected chi connectivity index (χ2v) is 9.39. The summed E-state index contributed by atoms with van der Waals surface area (Å²) in [6.07, 6.45) is 0. The zero-order chi connectivity index (χ0) is 21.3. The maximum Gasteiger partial charge on any atom is 0.0670 e. The monoisotopic (exact) mass is 498 g/mol. The lowest BCUT2D eigenvalue weighted by Gasteiger charge is -2.43. The zero-order valence-corrected chi connectivity index (χ0v) is 19.7. The summed E-state index contributed by atoms with van der Waals surface area (Å²) < 4.78 is 0. The number of piperazine rings is 1. The third kappa shape index (κ3) is 4.85. The lowest BCUT2D eigenvalue weighted by Crippen LogP contribution is -2.48. The van der Waals surface area contributed by atoms with Crippen LogP contribution in [0.1, 0.15) is 17.2 Å². The minimum absolute atomic E-state index is 0.0935. The Balaban J connectivity index is 1.65. The first kappa shape index (κ1) is 22.1. The summed E-state index contributed by atoms with van der Waals surface area (Å²) in [6.45, 7) is 3.13. The highest BCUT2D eigenvalue weighted by Crippen LogP contribution is 2.37. The van der Waals surface area contributed by atoms with E-state index in [0.717, 1.165) is 30.9 Å². The van der Waals surface area contributed by atoms with Crippen LogP contribution in [0.4, 0.5) is 5.69 Å². The number of hydrogen-bond donors (Lipinski definition) is 0. The maximum atomic E-state index is 6.55. The van der Waals surface area contributed by atoms with Gasteiger partial charge in [-0.05, 0) is 48.0 Å². The smallest absolute Gasteiger partial charge is 0.0670 e. The fourth-order valence-electron chi connectivity index (χ4n) is 3.86. The molecule has 0 radical (unpaired) electrons. The Bertz CT molecular complexity index is 1020. The molecule has 1 atom stereocenters. The molecule has 4 rings (SSSR count). The number of hydrogen-bond acceptors (Lipinski definition) is 2. The Morgan fingerprint density at radius 1 is 0.733 bits per heavy atom. The quantitative estimate of drug-likeness (QED) is 0.358. The summed E-state index contributed by atoms with van der Waals surface area (Å²) in [7, 11) is 0. The van der Waals surface area contributed by atoms with E-state index in [2.05, 4.69) is 21.9 Å². The number of rotatable bonds is 4. The fourth-order valence-corrected chi connectivity index (χ4v) is 5.02. The first-order chi connectivity index (χ1) is 14.4. The molecule has 1 aliphatic heterocycles. The minimum Gasteiger partial charge on any atom is -0.361 e. The van der Waals surface area contributed by atoms with Gasteiger partial charge in [0.05, 0.1) is 16.8 Å². The van der Waals surface area contributed by atoms with Crippen LogP contribution in [0.25, 0.3) is 0 Å². The highest BCUT2D eigenvalue weighted by molar-refractivity contribution is 6.36. The summed E-state index contributed by atoms with van der Waals surface area (Å²) in [5.74, 6) is 0. The lowest BCUT2D eigenvalue weighted by atomic mass is 10.0. The van der Waals surface area contributed by atoms with Crippen LogP contribution in [-0.2, 0) is 6.54 Å². The Hall–Kier alpha value is -1.13. The van der Waals surface area contributed by atoms with Crippen LogP contribution in [0.2, 0.25) is 25.1 Å². The summed E-state index contributed by atoms with van der Waals surface area (Å²) >= 11 is 31.6. The molecule has 0 amide bonds. The molecule has 0 saturated carbocycles. The molecular weight excluding hydrogens is 482 g/mol. The van der Waals surface area contributed by atoms with E-state index >= 15 is 0 Å². The van der Waals surface area contributed by atoms with Crippen molar-refractivity contribution < 1.29 is 0 Å². The molecule has 1 aliphatic rings. The molecule has 7 heteroatoms. The highest BCUT2D eigenvalue weighted by Gasteiger charge is 2.30. The molecule has 0 N–H and O–H groups in total. The van der Waals surface area contributed by atoms with Gasteiger partial charge in [0.25, 0.3) is 0 Å². The molecule has 3 aromatic carbocycles. The molecule has 1 heterocycles. The van der Waals surface area contributed by atoms with Crippen molar-refractivity contribution in [3.8, 4) is 0 Å². The van der Waals surface area contributed by atoms with Gasteiger partial charge in [-0.25, -0.2) is 0 Å². The summed E-state index contributed by atoms with van der Waals surface area (Å²) in [5.41, 5.74) is 3.09. The molecule has 1 fully saturated rings. The topological polar surface area (TPSA) is 6.48 Å². The summed E-state index contributed by atoms with van der Waals surface area (Å²) in [4.78, 5) is 4.69. The van der Waals surface area contributed by atoms with Gasteiger partial charge in [-0.2, -0.15) is 0 Å². The molecule has 1 unspecified atom stereocenters. The van der Waals surface area contributed by atoms with Crippen LogP contribution in [0, 0.1) is 0 Å². The van der Waals surface area contributed by atoms with Gasteiger partial charge in [-0.3, -0.25) is 4.90 Å². The van der Waals surface area contributed by atoms with Gasteiger partial charge < -0.3 is 4.90 Å². The van der Waals surface area contributed by atoms with E-state index in [-0.39, 0.29) is 6.04 Å². The van der Waals surface area contributed by atoms with Crippen LogP contribution in [-0.4, -0.2) is 24.5 Å². The number of halogens is 5. The molecule has 0 aromatic heterocycles. The predicted molar refractivity (Wildman–Crippen MR) is 130 cm³/mol. The van der Waals surface area contributed by atoms with Crippen molar-refractivity contribution in [1.29, 1.82) is 0 Å². The molecule has 2 nitrogen and oxygen atoms in total. The third-order valence-electron chi connectivity index (χ3n) is 5.38. The molecule has 30 heavy (non-hydrogen) atoms. The lowest BCUT2D eigenvalue weighted by molar-refractivity contribution is 0.215. The van der Waals surface area contributed by atoms with Crippen LogP contribution in [0.3, 0.4) is 0 Å². The van der Waals surface area contributed by atoms with Crippen LogP contribution in [0.15, 0.2) is 60.7 Å². The van der Waals surface area contributed by atoms with Gasteiger partial charge >= 0.3 is 0 Å². The van der Waals surface area contributed by atoms with Crippen molar-refractivity contribution in [3.05, 3.63) is 96.9 Å². The summed E-state index contributed by atoms with van der Waals surface area (Å²) in [6, 6.07) is 19.3. The van der Waals surface area contributed by atoms with E-state index in [0.29, 0.717) is 31.7 Å². The van der Waals surface area contributed by atoms with Crippen molar-refractivity contribution in [2.45, 2.75) is 12.6 Å². The average molecular weight is 501 g/mol. The molecule has 0 bridgehead atoms. The number of benzene rings is 3. The first-order valence-corrected chi connectivity index (χ1v) is 11.4. The SMILES string of the molecule is Clc1ccc(C2CN(Cc3c(Cl)cccc3Cl)CCN2c2ccc(Cl)cc2Cl)cc1. The fraction of sp³-hybridized carbons (Fsp3) is 0.217. The number of nitrogens with zero attached hydrogens (tertiary/aromatic N) is 2. The van der Waals surface area contributed by atoms with Crippen molar-refractivity contribution >= 4 is 63.7 Å². The minimum atomic E-state index is 0.0935. The predicted octanol–water partition coefficient (Wildman–Crippen LogP) is 8.02. The van der Waals surface area contributed by atoms with Crippen molar-refractivity contribution in [3.63, 3.8) is 0 Å². The molecule has 1 saturated heterocycles. The van der Waals surface area contributed by atoms with Gasteiger partial charge in [-0.15, -0.1) is 0 Å². The third-order valence-corrected chi connectivity index (χ3v) is 6.88. The van der Waals surface area contributed by atoms with Gasteiger partial charge in [0.2, 0.25) is 0 Å². The molecule has 156 valence electrons. The molecule has 0 spiro atoms. The Morgan fingerprint density at radius 3 is 2.07 bits per heavy atom. The Labute approximate surface area is 201 Å². The van der Waals surface area contributed by atoms with Gasteiger partial charge in [0.15, 0.2) is 0 Å². The first-order valence-electron chi connectivity index (χ1n) is 9.55. The summed E-state index contributed by atoms with van der Waals surface area (Å²) in [5, 5.41) is 3.36. The molecule has 3 aromatic rings. The van der Waals surface area contributed by atoms with Gasteiger partial charge in [0.1, 0.15) is 0 Å². The van der Waals surface area contributed by atoms with E-state index < -0.39 is 0 Å². The standard InChI is InChI=1S/C23H19Cl5N2/c24-16-6-4-15(5-7-16)23-14-29(13-18-19(26)2-1-3-20(18)27)10-11-30(23)22-9-8-17(25)12-21(22)28/h1-9,12,23H,10-11,13-14H2. The van der Waals surface area contributed by atoms with Gasteiger partial charge in [0, 0.05) is 51.8 Å². The van der Waals surface area contributed by atoms with E-state index in [1.165, 1.54) is 5.56 Å². The van der Waals surface area contributed by atoms with E-state index in [4.69, 9.17) is 58.0 Å². The molecule has 0 aliphatic carbocycles. The van der Waals surface area contributed by atoms with Crippen molar-refractivity contribution in [2.24, 2.45) is 0 Å². The van der Waals surface area contributed by atoms with Crippen LogP contribution < -0.4 is 4.90 Å². The largest absolute Gasteiger partial charge is 0.361 e. The van der Waals surface area contributed by atoms with Crippen molar-refractivity contribution in [2.75, 3.05) is 24.5 Å². The second-order valence-electron chi connectivity index (χ2n) is 7.29. The second kappa shape index (κ2) is 9.56. The normalized spacial score (nSPS) is 17.4. The van der Waals surface area contributed by atoms with E-state index in [1.807, 2.05) is 42.5 Å². The number of anilines is 1. The Morgan fingerprint density at radius 2 is 1.40 bits per heavy atom. The maximum absolute atomic E-state index is 6.55. The Kier molecular flexibility index (Phi) is 7.04. The van der Waals surface area contributed by atoms with Crippen LogP contribution in [0.5, 0.6) is 0 Å².